The molecule has 1 fully saturated rings. The van der Waals surface area contributed by atoms with E-state index in [-0.39, 0.29) is 0 Å². The van der Waals surface area contributed by atoms with Crippen molar-refractivity contribution in [2.45, 2.75) is 32.4 Å². The summed E-state index contributed by atoms with van der Waals surface area (Å²) < 4.78 is 6.05. The number of ether oxygens (including phenoxy) is 1. The maximum absolute atomic E-state index is 6.59. The van der Waals surface area contributed by atoms with Crippen molar-refractivity contribution >= 4 is 46.2 Å². The molecule has 0 saturated carbocycles. The Balaban J connectivity index is 1.41. The van der Waals surface area contributed by atoms with Crippen LogP contribution >= 0.6 is 34.8 Å². The minimum absolute atomic E-state index is 0.311. The molecular formula is C25H25Cl3N2O. The van der Waals surface area contributed by atoms with Crippen LogP contribution in [0.5, 0.6) is 5.75 Å². The van der Waals surface area contributed by atoms with E-state index in [0.29, 0.717) is 23.2 Å². The Morgan fingerprint density at radius 1 is 0.806 bits per heavy atom. The normalized spacial score (nSPS) is 13.8. The molecule has 4 rings (SSSR count). The van der Waals surface area contributed by atoms with Gasteiger partial charge in [0.05, 0.1) is 10.7 Å². The fraction of sp³-hybridized carbons (Fsp3) is 0.280. The first kappa shape index (κ1) is 22.1. The molecule has 1 saturated heterocycles. The van der Waals surface area contributed by atoms with Crippen LogP contribution in [0.3, 0.4) is 0 Å². The lowest BCUT2D eigenvalue weighted by molar-refractivity contribution is 0.303. The highest BCUT2D eigenvalue weighted by Gasteiger charge is 2.14. The zero-order valence-electron chi connectivity index (χ0n) is 17.2. The van der Waals surface area contributed by atoms with Crippen molar-refractivity contribution in [3.05, 3.63) is 86.9 Å². The van der Waals surface area contributed by atoms with Gasteiger partial charge in [0.2, 0.25) is 0 Å². The van der Waals surface area contributed by atoms with Crippen LogP contribution in [0.15, 0.2) is 60.7 Å². The number of halogens is 3. The highest BCUT2D eigenvalue weighted by Crippen LogP contribution is 2.32. The zero-order chi connectivity index (χ0) is 21.6. The van der Waals surface area contributed by atoms with Gasteiger partial charge in [-0.3, -0.25) is 0 Å². The Hall–Kier alpha value is -2.07. The van der Waals surface area contributed by atoms with E-state index in [2.05, 4.69) is 22.3 Å². The third kappa shape index (κ3) is 5.60. The van der Waals surface area contributed by atoms with Crippen molar-refractivity contribution in [3.63, 3.8) is 0 Å². The number of anilines is 2. The number of nitrogens with one attached hydrogen (secondary N) is 1. The number of rotatable bonds is 7. The average Bonchev–Trinajstić information content (AvgIpc) is 2.79. The molecule has 0 spiro atoms. The summed E-state index contributed by atoms with van der Waals surface area (Å²) in [5.41, 5.74) is 3.93. The summed E-state index contributed by atoms with van der Waals surface area (Å²) in [4.78, 5) is 2.37. The van der Waals surface area contributed by atoms with Crippen LogP contribution < -0.4 is 15.0 Å². The van der Waals surface area contributed by atoms with Crippen molar-refractivity contribution in [2.75, 3.05) is 23.3 Å². The molecule has 0 atom stereocenters. The van der Waals surface area contributed by atoms with Crippen molar-refractivity contribution in [1.29, 1.82) is 0 Å². The van der Waals surface area contributed by atoms with E-state index in [0.717, 1.165) is 46.4 Å². The summed E-state index contributed by atoms with van der Waals surface area (Å²) in [6.45, 7) is 3.08. The highest BCUT2D eigenvalue weighted by atomic mass is 35.5. The third-order valence-electron chi connectivity index (χ3n) is 5.53. The topological polar surface area (TPSA) is 24.5 Å². The van der Waals surface area contributed by atoms with Gasteiger partial charge in [0.1, 0.15) is 12.4 Å². The molecule has 0 bridgehead atoms. The average molecular weight is 476 g/mol. The minimum atomic E-state index is 0.311. The van der Waals surface area contributed by atoms with Gasteiger partial charge in [-0.25, -0.2) is 0 Å². The summed E-state index contributed by atoms with van der Waals surface area (Å²) >= 11 is 19.1. The standard InChI is InChI=1S/C25H25Cl3N2O/c26-21-8-6-9-22(27)20(21)17-31-25-10-3-2-7-18(25)16-29-19-11-12-24(23(28)15-19)30-13-4-1-5-14-30/h2-3,6-12,15,29H,1,4-5,13-14,16-17H2. The second-order valence-electron chi connectivity index (χ2n) is 7.66. The van der Waals surface area contributed by atoms with Gasteiger partial charge >= 0.3 is 0 Å². The van der Waals surface area contributed by atoms with Gasteiger partial charge in [-0.05, 0) is 55.7 Å². The Bertz CT molecular complexity index is 1010. The lowest BCUT2D eigenvalue weighted by Gasteiger charge is -2.29. The highest BCUT2D eigenvalue weighted by molar-refractivity contribution is 6.36. The van der Waals surface area contributed by atoms with Crippen molar-refractivity contribution in [2.24, 2.45) is 0 Å². The molecule has 31 heavy (non-hydrogen) atoms. The van der Waals surface area contributed by atoms with Crippen LogP contribution in [0.1, 0.15) is 30.4 Å². The summed E-state index contributed by atoms with van der Waals surface area (Å²) in [5.74, 6) is 0.794. The molecule has 1 aliphatic heterocycles. The number of hydrogen-bond donors (Lipinski definition) is 1. The fourth-order valence-corrected chi connectivity index (χ4v) is 4.62. The molecule has 3 aromatic carbocycles. The molecule has 1 aliphatic rings. The van der Waals surface area contributed by atoms with Crippen LogP contribution in [-0.4, -0.2) is 13.1 Å². The van der Waals surface area contributed by atoms with E-state index in [9.17, 15) is 0 Å². The molecule has 0 radical (unpaired) electrons. The quantitative estimate of drug-likeness (QED) is 0.377. The largest absolute Gasteiger partial charge is 0.488 e. The lowest BCUT2D eigenvalue weighted by atomic mass is 10.1. The molecule has 1 heterocycles. The van der Waals surface area contributed by atoms with Gasteiger partial charge in [0, 0.05) is 46.5 Å². The molecule has 0 aliphatic carbocycles. The minimum Gasteiger partial charge on any atom is -0.488 e. The molecule has 3 aromatic rings. The van der Waals surface area contributed by atoms with Crippen LogP contribution in [0.2, 0.25) is 15.1 Å². The second kappa shape index (κ2) is 10.5. The Kier molecular flexibility index (Phi) is 7.49. The van der Waals surface area contributed by atoms with Gasteiger partial charge in [-0.1, -0.05) is 59.1 Å². The number of hydrogen-bond acceptors (Lipinski definition) is 3. The summed E-state index contributed by atoms with van der Waals surface area (Å²) in [6, 6.07) is 19.6. The van der Waals surface area contributed by atoms with Crippen LogP contribution in [0.4, 0.5) is 11.4 Å². The van der Waals surface area contributed by atoms with Crippen molar-refractivity contribution in [3.8, 4) is 5.75 Å². The van der Waals surface area contributed by atoms with Crippen LogP contribution in [0, 0.1) is 0 Å². The molecule has 0 aromatic heterocycles. The van der Waals surface area contributed by atoms with E-state index in [1.54, 1.807) is 0 Å². The summed E-state index contributed by atoms with van der Waals surface area (Å²) in [7, 11) is 0. The maximum Gasteiger partial charge on any atom is 0.124 e. The Morgan fingerprint density at radius 3 is 2.29 bits per heavy atom. The molecule has 0 unspecified atom stereocenters. The van der Waals surface area contributed by atoms with Gasteiger partial charge in [-0.15, -0.1) is 0 Å². The monoisotopic (exact) mass is 474 g/mol. The summed E-state index contributed by atoms with van der Waals surface area (Å²) in [6.07, 6.45) is 3.76. The lowest BCUT2D eigenvalue weighted by Crippen LogP contribution is -2.29. The summed E-state index contributed by atoms with van der Waals surface area (Å²) in [5, 5.41) is 5.45. The van der Waals surface area contributed by atoms with E-state index in [4.69, 9.17) is 39.5 Å². The predicted molar refractivity (Wildman–Crippen MR) is 132 cm³/mol. The van der Waals surface area contributed by atoms with E-state index < -0.39 is 0 Å². The smallest absolute Gasteiger partial charge is 0.124 e. The fourth-order valence-electron chi connectivity index (χ4n) is 3.82. The molecular weight excluding hydrogens is 451 g/mol. The Labute approximate surface area is 198 Å². The third-order valence-corrected chi connectivity index (χ3v) is 6.54. The molecule has 6 heteroatoms. The Morgan fingerprint density at radius 2 is 1.55 bits per heavy atom. The number of benzene rings is 3. The molecule has 0 amide bonds. The number of piperidine rings is 1. The first-order valence-corrected chi connectivity index (χ1v) is 11.7. The first-order valence-electron chi connectivity index (χ1n) is 10.5. The molecule has 1 N–H and O–H groups in total. The maximum atomic E-state index is 6.59. The van der Waals surface area contributed by atoms with E-state index in [1.807, 2.05) is 48.5 Å². The van der Waals surface area contributed by atoms with Gasteiger partial charge in [0.25, 0.3) is 0 Å². The second-order valence-corrected chi connectivity index (χ2v) is 8.89. The van der Waals surface area contributed by atoms with Crippen molar-refractivity contribution in [1.82, 2.24) is 0 Å². The van der Waals surface area contributed by atoms with Crippen molar-refractivity contribution < 1.29 is 4.74 Å². The van der Waals surface area contributed by atoms with Crippen LogP contribution in [0.25, 0.3) is 0 Å². The molecule has 162 valence electrons. The van der Waals surface area contributed by atoms with Gasteiger partial charge in [0.15, 0.2) is 0 Å². The first-order chi connectivity index (χ1) is 15.1. The van der Waals surface area contributed by atoms with Gasteiger partial charge < -0.3 is 15.0 Å². The number of para-hydroxylation sites is 1. The van der Waals surface area contributed by atoms with Gasteiger partial charge in [-0.2, -0.15) is 0 Å². The SMILES string of the molecule is Clc1cc(NCc2ccccc2OCc2c(Cl)cccc2Cl)ccc1N1CCCCC1. The number of nitrogens with zero attached hydrogens (tertiary/aromatic N) is 1. The van der Waals surface area contributed by atoms with E-state index >= 15 is 0 Å². The molecule has 3 nitrogen and oxygen atoms in total. The predicted octanol–water partition coefficient (Wildman–Crippen LogP) is 7.83. The van der Waals surface area contributed by atoms with Crippen LogP contribution in [-0.2, 0) is 13.2 Å². The zero-order valence-corrected chi connectivity index (χ0v) is 19.5. The van der Waals surface area contributed by atoms with E-state index in [1.165, 1.54) is 19.3 Å².